The Labute approximate surface area is 233 Å². The smallest absolute Gasteiger partial charge is 0.544 e. The zero-order valence-corrected chi connectivity index (χ0v) is 23.8. The minimum Gasteiger partial charge on any atom is -0.544 e. The summed E-state index contributed by atoms with van der Waals surface area (Å²) in [4.78, 5) is 32.5. The van der Waals surface area contributed by atoms with Crippen molar-refractivity contribution >= 4 is 17.9 Å². The summed E-state index contributed by atoms with van der Waals surface area (Å²) >= 11 is 0. The fraction of sp³-hybridized carbons (Fsp3) is 0.824. The summed E-state index contributed by atoms with van der Waals surface area (Å²) in [6.07, 6.45) is 10.4. The van der Waals surface area contributed by atoms with Crippen molar-refractivity contribution in [2.24, 2.45) is 0 Å². The molecule has 0 aliphatic heterocycles. The molecule has 0 saturated heterocycles. The second-order valence-electron chi connectivity index (χ2n) is 5.90. The third kappa shape index (κ3) is 17.1. The topological polar surface area (TPSA) is 136 Å². The van der Waals surface area contributed by atoms with Gasteiger partial charge < -0.3 is 34.4 Å². The fourth-order valence-corrected chi connectivity index (χ4v) is 2.33. The molecule has 146 valence electrons. The molecule has 0 unspecified atom stereocenters. The third-order valence-electron chi connectivity index (χ3n) is 3.74. The molecule has 0 aromatic rings. The minimum atomic E-state index is -3.20. The molecule has 1 N–H and O–H groups in total. The predicted octanol–water partition coefficient (Wildman–Crippen LogP) is -8.77. The minimum absolute atomic E-state index is 0. The van der Waals surface area contributed by atoms with E-state index >= 15 is 0 Å². The Bertz CT molecular complexity index is 407. The van der Waals surface area contributed by atoms with Gasteiger partial charge in [0.1, 0.15) is 18.5 Å². The van der Waals surface area contributed by atoms with E-state index in [1.165, 1.54) is 32.1 Å². The first-order valence-electron chi connectivity index (χ1n) is 8.79. The van der Waals surface area contributed by atoms with Gasteiger partial charge in [0.05, 0.1) is 6.61 Å². The Morgan fingerprint density at radius 3 is 1.50 bits per heavy atom. The molecule has 0 aromatic carbocycles. The van der Waals surface area contributed by atoms with Crippen molar-refractivity contribution in [1.29, 1.82) is 0 Å². The molecular weight excluding hydrogens is 401 g/mol. The summed E-state index contributed by atoms with van der Waals surface area (Å²) in [6.45, 7) is 0.808. The second kappa shape index (κ2) is 23.0. The number of ether oxygens (including phenoxy) is 2. The Kier molecular flexibility index (Phi) is 30.1. The maximum Gasteiger partial charge on any atom is 1.00 e. The van der Waals surface area contributed by atoms with Crippen LogP contribution in [0.4, 0.5) is 0 Å². The third-order valence-corrected chi connectivity index (χ3v) is 3.74. The zero-order chi connectivity index (χ0) is 19.1. The van der Waals surface area contributed by atoms with Gasteiger partial charge in [0.15, 0.2) is 0 Å². The van der Waals surface area contributed by atoms with Crippen molar-refractivity contribution in [3.05, 3.63) is 0 Å². The molecule has 28 heavy (non-hydrogen) atoms. The zero-order valence-electron chi connectivity index (χ0n) is 17.8. The molecular formula is C17H28Na3O8+. The van der Waals surface area contributed by atoms with Crippen LogP contribution in [0.1, 0.15) is 71.1 Å². The molecule has 0 rings (SSSR count). The van der Waals surface area contributed by atoms with Gasteiger partial charge in [-0.1, -0.05) is 64.7 Å². The van der Waals surface area contributed by atoms with E-state index in [0.717, 1.165) is 25.7 Å². The van der Waals surface area contributed by atoms with E-state index in [-0.39, 0.29) is 95.3 Å². The molecule has 8 nitrogen and oxygen atoms in total. The van der Waals surface area contributed by atoms with Gasteiger partial charge in [0.2, 0.25) is 0 Å². The normalized spacial score (nSPS) is 10.2. The number of hydrogen-bond acceptors (Lipinski definition) is 7. The Hall–Kier alpha value is 1.33. The van der Waals surface area contributed by atoms with Gasteiger partial charge in [0.25, 0.3) is 5.79 Å². The molecule has 0 atom stereocenters. The molecule has 11 heteroatoms. The molecule has 0 aromatic heterocycles. The summed E-state index contributed by atoms with van der Waals surface area (Å²) in [5.41, 5.74) is 0. The average molecular weight is 429 g/mol. The number of carbonyl (C=O) groups excluding carboxylic acids is 2. The second-order valence-corrected chi connectivity index (χ2v) is 5.90. The quantitative estimate of drug-likeness (QED) is 0.104. The van der Waals surface area contributed by atoms with E-state index < -0.39 is 30.3 Å². The van der Waals surface area contributed by atoms with Crippen LogP contribution < -0.4 is 98.9 Å². The van der Waals surface area contributed by atoms with Gasteiger partial charge in [-0.05, 0) is 6.42 Å². The summed E-state index contributed by atoms with van der Waals surface area (Å²) in [6, 6.07) is 0. The van der Waals surface area contributed by atoms with E-state index in [1.54, 1.807) is 0 Å². The number of carbonyl (C=O) groups is 3. The Morgan fingerprint density at radius 2 is 1.14 bits per heavy atom. The summed E-state index contributed by atoms with van der Waals surface area (Å²) in [7, 11) is 0. The number of carboxylic acids is 3. The van der Waals surface area contributed by atoms with E-state index in [2.05, 4.69) is 11.7 Å². The molecule has 0 heterocycles. The molecule has 0 amide bonds. The first kappa shape index (κ1) is 36.7. The van der Waals surface area contributed by atoms with Crippen molar-refractivity contribution < 1.29 is 128 Å². The van der Waals surface area contributed by atoms with E-state index in [1.807, 2.05) is 0 Å². The van der Waals surface area contributed by atoms with Crippen LogP contribution in [0.25, 0.3) is 0 Å². The summed E-state index contributed by atoms with van der Waals surface area (Å²) in [5, 5.41) is 30.5. The predicted molar refractivity (Wildman–Crippen MR) is 84.1 cm³/mol. The number of hydrogen-bond donors (Lipinski definition) is 1. The first-order chi connectivity index (χ1) is 11.9. The van der Waals surface area contributed by atoms with Gasteiger partial charge in [-0.2, -0.15) is 0 Å². The van der Waals surface area contributed by atoms with Crippen LogP contribution in [0.3, 0.4) is 0 Å². The summed E-state index contributed by atoms with van der Waals surface area (Å²) < 4.78 is 9.13. The monoisotopic (exact) mass is 429 g/mol. The number of rotatable bonds is 17. The number of carboxylic acid groups (broad SMARTS) is 3. The molecule has 0 radical (unpaired) electrons. The fourth-order valence-electron chi connectivity index (χ4n) is 2.33. The van der Waals surface area contributed by atoms with Crippen LogP contribution in [0, 0.1) is 0 Å². The molecule has 0 aliphatic rings. The average Bonchev–Trinajstić information content (AvgIpc) is 2.54. The van der Waals surface area contributed by atoms with Crippen LogP contribution in [-0.2, 0) is 23.9 Å². The van der Waals surface area contributed by atoms with Gasteiger partial charge in [0, 0.05) is 0 Å². The number of unbranched alkanes of at least 4 members (excludes halogenated alkanes) is 9. The Balaban J connectivity index is -0.000000960. The van der Waals surface area contributed by atoms with Crippen LogP contribution in [0.15, 0.2) is 0 Å². The standard InChI is InChI=1S/C17H30O8.3Na/c1-2-3-4-5-6-7-8-9-10-11-12-24-17(15(20)21,16(22)23)25-13-14(18)19;;;/h2-13H2,1H3,(H,18,19)(H,20,21)(H,22,23);;;/q;3*+1/p-2. The van der Waals surface area contributed by atoms with Gasteiger partial charge in [-0.15, -0.1) is 0 Å². The van der Waals surface area contributed by atoms with E-state index in [0.29, 0.717) is 6.42 Å². The maximum atomic E-state index is 11.0. The molecule has 0 saturated carbocycles. The van der Waals surface area contributed by atoms with Crippen LogP contribution in [0.2, 0.25) is 0 Å². The van der Waals surface area contributed by atoms with Crippen LogP contribution in [0.5, 0.6) is 0 Å². The molecule has 0 fully saturated rings. The Morgan fingerprint density at radius 1 is 0.750 bits per heavy atom. The first-order valence-corrected chi connectivity index (χ1v) is 8.79. The maximum absolute atomic E-state index is 11.0. The molecule has 0 bridgehead atoms. The molecule has 0 aliphatic carbocycles. The number of aliphatic carboxylic acids is 3. The van der Waals surface area contributed by atoms with Crippen molar-refractivity contribution in [2.45, 2.75) is 76.9 Å². The van der Waals surface area contributed by atoms with Crippen LogP contribution >= 0.6 is 0 Å². The van der Waals surface area contributed by atoms with Gasteiger partial charge in [-0.3, -0.25) is 0 Å². The molecule has 0 spiro atoms. The van der Waals surface area contributed by atoms with Crippen molar-refractivity contribution in [3.8, 4) is 0 Å². The van der Waals surface area contributed by atoms with Crippen molar-refractivity contribution in [3.63, 3.8) is 0 Å². The van der Waals surface area contributed by atoms with Crippen molar-refractivity contribution in [2.75, 3.05) is 13.2 Å². The SMILES string of the molecule is CCCCCCCCCCCCOC(OCC(=O)O)(C(=O)[O-])C(=O)[O-].[Na+].[Na+].[Na+]. The largest absolute Gasteiger partial charge is 1.00 e. The van der Waals surface area contributed by atoms with Crippen molar-refractivity contribution in [1.82, 2.24) is 0 Å². The van der Waals surface area contributed by atoms with Crippen LogP contribution in [-0.4, -0.2) is 42.0 Å². The van der Waals surface area contributed by atoms with Gasteiger partial charge >= 0.3 is 94.6 Å². The summed E-state index contributed by atoms with van der Waals surface area (Å²) in [5.74, 6) is -9.12. The van der Waals surface area contributed by atoms with E-state index in [9.17, 15) is 24.6 Å². The van der Waals surface area contributed by atoms with E-state index in [4.69, 9.17) is 9.84 Å². The van der Waals surface area contributed by atoms with Gasteiger partial charge in [-0.25, -0.2) is 4.79 Å².